The zero-order valence-electron chi connectivity index (χ0n) is 41.3. The molecular formula is C53H103NO10. The Hall–Kier alpha value is -1.15. The maximum atomic E-state index is 13.0. The molecule has 0 aliphatic carbocycles. The summed E-state index contributed by atoms with van der Waals surface area (Å²) in [5, 5.41) is 75.6. The van der Waals surface area contributed by atoms with Gasteiger partial charge in [0.1, 0.15) is 36.6 Å². The van der Waals surface area contributed by atoms with Crippen molar-refractivity contribution in [3.05, 3.63) is 12.2 Å². The largest absolute Gasteiger partial charge is 0.394 e. The van der Waals surface area contributed by atoms with Gasteiger partial charge in [-0.2, -0.15) is 0 Å². The SMILES string of the molecule is CCCCCCCCCCCCCCCCCCCCCCCCCC/C=C/CCCC(O)C(O)C(COC1OC(CO)C(O)C(O)C1O)NC(=O)C(O)CCCCCCCCCC. The highest BCUT2D eigenvalue weighted by Crippen LogP contribution is 2.23. The van der Waals surface area contributed by atoms with Crippen molar-refractivity contribution in [1.82, 2.24) is 5.32 Å². The number of aliphatic hydroxyl groups is 7. The molecule has 0 saturated carbocycles. The van der Waals surface area contributed by atoms with Crippen molar-refractivity contribution in [2.45, 2.75) is 306 Å². The Morgan fingerprint density at radius 1 is 0.531 bits per heavy atom. The second-order valence-electron chi connectivity index (χ2n) is 19.3. The number of rotatable bonds is 46. The van der Waals surface area contributed by atoms with Crippen LogP contribution in [0.2, 0.25) is 0 Å². The monoisotopic (exact) mass is 914 g/mol. The Balaban J connectivity index is 2.22. The van der Waals surface area contributed by atoms with E-state index in [-0.39, 0.29) is 12.8 Å². The predicted molar refractivity (Wildman–Crippen MR) is 261 cm³/mol. The Labute approximate surface area is 392 Å². The molecule has 9 unspecified atom stereocenters. The van der Waals surface area contributed by atoms with Crippen LogP contribution < -0.4 is 5.32 Å². The lowest BCUT2D eigenvalue weighted by Crippen LogP contribution is -2.60. The van der Waals surface area contributed by atoms with E-state index >= 15 is 0 Å². The van der Waals surface area contributed by atoms with Crippen LogP contribution in [0.4, 0.5) is 0 Å². The van der Waals surface area contributed by atoms with Gasteiger partial charge in [0.15, 0.2) is 6.29 Å². The first-order valence-corrected chi connectivity index (χ1v) is 27.1. The van der Waals surface area contributed by atoms with Crippen LogP contribution in [-0.2, 0) is 14.3 Å². The lowest BCUT2D eigenvalue weighted by molar-refractivity contribution is -0.303. The molecule has 1 saturated heterocycles. The summed E-state index contributed by atoms with van der Waals surface area (Å²) >= 11 is 0. The van der Waals surface area contributed by atoms with E-state index in [2.05, 4.69) is 31.3 Å². The predicted octanol–water partition coefficient (Wildman–Crippen LogP) is 10.4. The third kappa shape index (κ3) is 31.8. The second kappa shape index (κ2) is 43.2. The Morgan fingerprint density at radius 3 is 1.34 bits per heavy atom. The number of hydrogen-bond donors (Lipinski definition) is 8. The fourth-order valence-corrected chi connectivity index (χ4v) is 8.85. The van der Waals surface area contributed by atoms with Crippen LogP contribution in [0.3, 0.4) is 0 Å². The van der Waals surface area contributed by atoms with Gasteiger partial charge in [0.25, 0.3) is 0 Å². The van der Waals surface area contributed by atoms with Crippen molar-refractivity contribution in [3.8, 4) is 0 Å². The zero-order chi connectivity index (χ0) is 46.9. The third-order valence-corrected chi connectivity index (χ3v) is 13.3. The lowest BCUT2D eigenvalue weighted by Gasteiger charge is -2.40. The highest BCUT2D eigenvalue weighted by atomic mass is 16.7. The van der Waals surface area contributed by atoms with Crippen LogP contribution in [0.1, 0.15) is 251 Å². The molecule has 11 heteroatoms. The first-order valence-electron chi connectivity index (χ1n) is 27.1. The fraction of sp³-hybridized carbons (Fsp3) is 0.943. The average Bonchev–Trinajstić information content (AvgIpc) is 3.29. The molecule has 1 heterocycles. The van der Waals surface area contributed by atoms with Gasteiger partial charge in [0, 0.05) is 0 Å². The summed E-state index contributed by atoms with van der Waals surface area (Å²) < 4.78 is 11.1. The van der Waals surface area contributed by atoms with Gasteiger partial charge < -0.3 is 50.5 Å². The molecule has 1 aliphatic heterocycles. The molecule has 1 fully saturated rings. The van der Waals surface area contributed by atoms with Crippen LogP contribution >= 0.6 is 0 Å². The molecule has 1 rings (SSSR count). The fourth-order valence-electron chi connectivity index (χ4n) is 8.85. The van der Waals surface area contributed by atoms with Gasteiger partial charge in [-0.05, 0) is 38.5 Å². The standard InChI is InChI=1S/C53H103NO10/c1-3-5-7-9-11-13-14-15-16-17-18-19-20-21-22-23-24-25-26-27-28-29-30-31-32-33-35-36-38-40-45(56)48(58)44(43-63-53-51(61)50(60)49(59)47(42-55)64-53)54-52(62)46(57)41-39-37-34-12-10-8-6-4-2/h33,35,44-51,53,55-61H,3-32,34,36-43H2,1-2H3,(H,54,62)/b35-33+. The third-order valence-electron chi connectivity index (χ3n) is 13.3. The summed E-state index contributed by atoms with van der Waals surface area (Å²) in [7, 11) is 0. The van der Waals surface area contributed by atoms with E-state index in [0.29, 0.717) is 12.8 Å². The maximum absolute atomic E-state index is 13.0. The van der Waals surface area contributed by atoms with Crippen molar-refractivity contribution in [3.63, 3.8) is 0 Å². The van der Waals surface area contributed by atoms with Crippen molar-refractivity contribution < 1.29 is 50.0 Å². The molecule has 0 aromatic rings. The van der Waals surface area contributed by atoms with E-state index in [0.717, 1.165) is 38.5 Å². The molecule has 8 N–H and O–H groups in total. The number of nitrogens with one attached hydrogen (secondary N) is 1. The topological polar surface area (TPSA) is 189 Å². The molecule has 64 heavy (non-hydrogen) atoms. The van der Waals surface area contributed by atoms with E-state index in [1.807, 2.05) is 0 Å². The number of aliphatic hydroxyl groups excluding tert-OH is 7. The summed E-state index contributed by atoms with van der Waals surface area (Å²) in [6.45, 7) is 3.40. The number of unbranched alkanes of at least 4 members (excludes halogenated alkanes) is 32. The summed E-state index contributed by atoms with van der Waals surface area (Å²) in [4.78, 5) is 13.0. The summed E-state index contributed by atoms with van der Waals surface area (Å²) in [6.07, 6.45) is 37.5. The number of allylic oxidation sites excluding steroid dienone is 2. The van der Waals surface area contributed by atoms with Crippen LogP contribution in [0, 0.1) is 0 Å². The Kier molecular flexibility index (Phi) is 41.0. The maximum Gasteiger partial charge on any atom is 0.249 e. The first kappa shape index (κ1) is 60.9. The quantitative estimate of drug-likeness (QED) is 0.0216. The minimum atomic E-state index is -1.66. The van der Waals surface area contributed by atoms with Crippen LogP contribution in [0.25, 0.3) is 0 Å². The van der Waals surface area contributed by atoms with E-state index in [1.165, 1.54) is 173 Å². The molecule has 11 nitrogen and oxygen atoms in total. The lowest BCUT2D eigenvalue weighted by atomic mass is 9.98. The van der Waals surface area contributed by atoms with Crippen molar-refractivity contribution in [2.24, 2.45) is 0 Å². The Bertz CT molecular complexity index is 1050. The van der Waals surface area contributed by atoms with E-state index in [9.17, 15) is 40.5 Å². The first-order chi connectivity index (χ1) is 31.2. The smallest absolute Gasteiger partial charge is 0.249 e. The molecule has 1 aliphatic rings. The molecule has 0 aromatic carbocycles. The molecular weight excluding hydrogens is 811 g/mol. The van der Waals surface area contributed by atoms with Crippen molar-refractivity contribution in [1.29, 1.82) is 0 Å². The van der Waals surface area contributed by atoms with E-state index in [4.69, 9.17) is 9.47 Å². The number of carbonyl (C=O) groups is 1. The second-order valence-corrected chi connectivity index (χ2v) is 19.3. The molecule has 0 aromatic heterocycles. The van der Waals surface area contributed by atoms with Gasteiger partial charge in [-0.3, -0.25) is 4.79 Å². The molecule has 1 amide bonds. The van der Waals surface area contributed by atoms with Gasteiger partial charge >= 0.3 is 0 Å². The van der Waals surface area contributed by atoms with Crippen molar-refractivity contribution in [2.75, 3.05) is 13.2 Å². The molecule has 0 spiro atoms. The number of carbonyl (C=O) groups excluding carboxylic acids is 1. The Morgan fingerprint density at radius 2 is 0.922 bits per heavy atom. The zero-order valence-corrected chi connectivity index (χ0v) is 41.3. The van der Waals surface area contributed by atoms with Crippen LogP contribution in [-0.4, -0.2) is 110 Å². The van der Waals surface area contributed by atoms with Gasteiger partial charge in [0.05, 0.1) is 25.4 Å². The average molecular weight is 914 g/mol. The normalized spacial score (nSPS) is 21.0. The minimum Gasteiger partial charge on any atom is -0.394 e. The summed E-state index contributed by atoms with van der Waals surface area (Å²) in [6, 6.07) is -1.18. The summed E-state index contributed by atoms with van der Waals surface area (Å²) in [5.41, 5.74) is 0. The van der Waals surface area contributed by atoms with E-state index < -0.39 is 74.2 Å². The summed E-state index contributed by atoms with van der Waals surface area (Å²) in [5.74, 6) is -0.708. The van der Waals surface area contributed by atoms with Gasteiger partial charge in [0.2, 0.25) is 5.91 Å². The van der Waals surface area contributed by atoms with Gasteiger partial charge in [-0.15, -0.1) is 0 Å². The molecule has 380 valence electrons. The molecule has 0 radical (unpaired) electrons. The number of amides is 1. The number of hydrogen-bond acceptors (Lipinski definition) is 10. The highest BCUT2D eigenvalue weighted by molar-refractivity contribution is 5.80. The molecule has 0 bridgehead atoms. The number of ether oxygens (including phenoxy) is 2. The van der Waals surface area contributed by atoms with Crippen molar-refractivity contribution >= 4 is 5.91 Å². The van der Waals surface area contributed by atoms with Gasteiger partial charge in [-0.1, -0.05) is 225 Å². The molecule has 9 atom stereocenters. The van der Waals surface area contributed by atoms with Gasteiger partial charge in [-0.25, -0.2) is 0 Å². The van der Waals surface area contributed by atoms with Crippen LogP contribution in [0.5, 0.6) is 0 Å². The van der Waals surface area contributed by atoms with E-state index in [1.54, 1.807) is 0 Å². The van der Waals surface area contributed by atoms with Crippen LogP contribution in [0.15, 0.2) is 12.2 Å². The minimum absolute atomic E-state index is 0.256. The highest BCUT2D eigenvalue weighted by Gasteiger charge is 2.44.